The van der Waals surface area contributed by atoms with E-state index in [1.54, 1.807) is 26.8 Å². The largest absolute Gasteiger partial charge is 0.480 e. The molecule has 35 heavy (non-hydrogen) atoms. The summed E-state index contributed by atoms with van der Waals surface area (Å²) in [6, 6.07) is 1.98. The number of hydrogen-bond acceptors (Lipinski definition) is 9. The number of carboxylic acid groups (broad SMARTS) is 1. The molecule has 0 aliphatic carbocycles. The number of aromatic nitrogens is 1. The van der Waals surface area contributed by atoms with E-state index in [1.165, 1.54) is 4.57 Å². The number of amides is 1. The van der Waals surface area contributed by atoms with Crippen LogP contribution in [0.3, 0.4) is 0 Å². The van der Waals surface area contributed by atoms with Gasteiger partial charge in [0, 0.05) is 25.2 Å². The third-order valence-electron chi connectivity index (χ3n) is 6.02. The SMILES string of the molecule is CCOC(=O)C1CCN(c2c(/C=C3\SC(=S)N(CC(=O)O)C3=O)c(C)c(C#N)c(=O)n2CC)CC1. The maximum atomic E-state index is 13.1. The molecule has 1 aromatic heterocycles. The molecular weight excluding hydrogens is 492 g/mol. The zero-order valence-electron chi connectivity index (χ0n) is 19.7. The second-order valence-corrected chi connectivity index (χ2v) is 9.75. The van der Waals surface area contributed by atoms with Crippen molar-refractivity contribution in [3.8, 4) is 6.07 Å². The van der Waals surface area contributed by atoms with Gasteiger partial charge in [-0.25, -0.2) is 0 Å². The number of piperidine rings is 1. The normalized spacial score (nSPS) is 17.7. The number of rotatable bonds is 7. The fourth-order valence-electron chi connectivity index (χ4n) is 4.27. The molecule has 0 unspecified atom stereocenters. The van der Waals surface area contributed by atoms with Crippen LogP contribution in [0.2, 0.25) is 0 Å². The zero-order valence-corrected chi connectivity index (χ0v) is 21.3. The molecule has 0 saturated carbocycles. The first-order chi connectivity index (χ1) is 16.6. The van der Waals surface area contributed by atoms with Gasteiger partial charge in [0.05, 0.1) is 17.4 Å². The number of aliphatic carboxylic acids is 1. The highest BCUT2D eigenvalue weighted by Gasteiger charge is 2.35. The number of nitrogens with zero attached hydrogens (tertiary/aromatic N) is 4. The van der Waals surface area contributed by atoms with E-state index in [0.717, 1.165) is 16.7 Å². The molecular formula is C23H26N4O6S2. The summed E-state index contributed by atoms with van der Waals surface area (Å²) in [5.41, 5.74) is 0.497. The van der Waals surface area contributed by atoms with Crippen LogP contribution >= 0.6 is 24.0 Å². The van der Waals surface area contributed by atoms with Crippen molar-refractivity contribution in [1.29, 1.82) is 5.26 Å². The fraction of sp³-hybridized carbons (Fsp3) is 0.478. The van der Waals surface area contributed by atoms with E-state index in [0.29, 0.717) is 56.0 Å². The Morgan fingerprint density at radius 2 is 1.94 bits per heavy atom. The maximum Gasteiger partial charge on any atom is 0.323 e. The predicted molar refractivity (Wildman–Crippen MR) is 135 cm³/mol. The van der Waals surface area contributed by atoms with E-state index in [-0.39, 0.29) is 26.7 Å². The first-order valence-electron chi connectivity index (χ1n) is 11.2. The maximum absolute atomic E-state index is 13.1. The second-order valence-electron chi connectivity index (χ2n) is 8.07. The molecule has 0 spiro atoms. The Morgan fingerprint density at radius 1 is 1.29 bits per heavy atom. The van der Waals surface area contributed by atoms with Gasteiger partial charge in [-0.05, 0) is 45.3 Å². The molecule has 2 aliphatic heterocycles. The summed E-state index contributed by atoms with van der Waals surface area (Å²) in [4.78, 5) is 52.5. The molecule has 2 saturated heterocycles. The fourth-order valence-corrected chi connectivity index (χ4v) is 5.50. The third-order valence-corrected chi connectivity index (χ3v) is 7.40. The monoisotopic (exact) mass is 518 g/mol. The van der Waals surface area contributed by atoms with Crippen LogP contribution in [0.4, 0.5) is 5.82 Å². The summed E-state index contributed by atoms with van der Waals surface area (Å²) in [6.07, 6.45) is 2.65. The average Bonchev–Trinajstić information content (AvgIpc) is 3.08. The van der Waals surface area contributed by atoms with Crippen molar-refractivity contribution in [1.82, 2.24) is 9.47 Å². The Balaban J connectivity index is 2.09. The highest BCUT2D eigenvalue weighted by atomic mass is 32.2. The number of carboxylic acids is 1. The van der Waals surface area contributed by atoms with Crippen molar-refractivity contribution in [2.75, 3.05) is 31.1 Å². The molecule has 1 aromatic rings. The number of anilines is 1. The number of thioether (sulfide) groups is 1. The molecule has 0 atom stereocenters. The van der Waals surface area contributed by atoms with Crippen molar-refractivity contribution in [3.63, 3.8) is 0 Å². The van der Waals surface area contributed by atoms with Gasteiger partial charge in [0.1, 0.15) is 28.3 Å². The van der Waals surface area contributed by atoms with E-state index >= 15 is 0 Å². The standard InChI is InChI=1S/C23H26N4O6S2/c1-4-26-19(25-8-6-14(7-9-25)22(32)33-5-2)15(13(3)16(11-24)20(26)30)10-17-21(31)27(12-18(28)29)23(34)35-17/h10,14H,4-9,12H2,1-3H3,(H,28,29)/b17-10-. The molecule has 2 aliphatic rings. The molecule has 1 amide bonds. The predicted octanol–water partition coefficient (Wildman–Crippen LogP) is 2.11. The first kappa shape index (κ1) is 26.4. The number of carbonyl (C=O) groups excluding carboxylic acids is 2. The van der Waals surface area contributed by atoms with Gasteiger partial charge in [0.2, 0.25) is 0 Å². The third kappa shape index (κ3) is 5.26. The second kappa shape index (κ2) is 11.0. The summed E-state index contributed by atoms with van der Waals surface area (Å²) in [5, 5.41) is 18.8. The number of ether oxygens (including phenoxy) is 1. The van der Waals surface area contributed by atoms with E-state index in [2.05, 4.69) is 0 Å². The van der Waals surface area contributed by atoms with Crippen LogP contribution in [0.15, 0.2) is 9.70 Å². The van der Waals surface area contributed by atoms with Gasteiger partial charge < -0.3 is 14.7 Å². The lowest BCUT2D eigenvalue weighted by Crippen LogP contribution is -2.41. The Kier molecular flexibility index (Phi) is 8.34. The van der Waals surface area contributed by atoms with Gasteiger partial charge in [-0.3, -0.25) is 28.6 Å². The molecule has 3 rings (SSSR count). The Bertz CT molecular complexity index is 1210. The summed E-state index contributed by atoms with van der Waals surface area (Å²) < 4.78 is 6.78. The average molecular weight is 519 g/mol. The molecule has 0 radical (unpaired) electrons. The lowest BCUT2D eigenvalue weighted by Gasteiger charge is -2.35. The highest BCUT2D eigenvalue weighted by Crippen LogP contribution is 2.36. The molecule has 2 fully saturated rings. The lowest BCUT2D eigenvalue weighted by atomic mass is 9.95. The molecule has 0 bridgehead atoms. The number of esters is 1. The number of hydrogen-bond donors (Lipinski definition) is 1. The van der Waals surface area contributed by atoms with Crippen molar-refractivity contribution in [3.05, 3.63) is 31.9 Å². The van der Waals surface area contributed by atoms with Gasteiger partial charge in [0.25, 0.3) is 11.5 Å². The van der Waals surface area contributed by atoms with Crippen LogP contribution in [0.1, 0.15) is 43.4 Å². The quantitative estimate of drug-likeness (QED) is 0.325. The van der Waals surface area contributed by atoms with Crippen LogP contribution in [-0.4, -0.2) is 63.0 Å². The van der Waals surface area contributed by atoms with Crippen LogP contribution in [-0.2, 0) is 25.7 Å². The van der Waals surface area contributed by atoms with E-state index in [9.17, 15) is 24.4 Å². The Hall–Kier alpha value is -3.17. The number of thiocarbonyl (C=S) groups is 1. The highest BCUT2D eigenvalue weighted by molar-refractivity contribution is 8.26. The minimum absolute atomic E-state index is 0.0238. The molecule has 1 N–H and O–H groups in total. The van der Waals surface area contributed by atoms with Crippen molar-refractivity contribution in [2.24, 2.45) is 5.92 Å². The Labute approximate surface area is 212 Å². The van der Waals surface area contributed by atoms with Gasteiger partial charge in [-0.2, -0.15) is 5.26 Å². The Morgan fingerprint density at radius 3 is 2.49 bits per heavy atom. The topological polar surface area (TPSA) is 133 Å². The van der Waals surface area contributed by atoms with Crippen LogP contribution in [0.25, 0.3) is 6.08 Å². The molecule has 0 aromatic carbocycles. The summed E-state index contributed by atoms with van der Waals surface area (Å²) in [7, 11) is 0. The van der Waals surface area contributed by atoms with Gasteiger partial charge in [0.15, 0.2) is 0 Å². The summed E-state index contributed by atoms with van der Waals surface area (Å²) in [6.45, 7) is 6.23. The smallest absolute Gasteiger partial charge is 0.323 e. The summed E-state index contributed by atoms with van der Waals surface area (Å²) >= 11 is 6.18. The van der Waals surface area contributed by atoms with E-state index < -0.39 is 24.0 Å². The van der Waals surface area contributed by atoms with Crippen LogP contribution < -0.4 is 10.5 Å². The molecule has 12 heteroatoms. The van der Waals surface area contributed by atoms with Gasteiger partial charge in [-0.1, -0.05) is 24.0 Å². The van der Waals surface area contributed by atoms with Crippen molar-refractivity contribution in [2.45, 2.75) is 40.2 Å². The molecule has 10 nitrogen and oxygen atoms in total. The first-order valence-corrected chi connectivity index (χ1v) is 12.4. The van der Waals surface area contributed by atoms with Crippen molar-refractivity contribution < 1.29 is 24.2 Å². The molecule has 3 heterocycles. The van der Waals surface area contributed by atoms with E-state index in [1.807, 2.05) is 11.0 Å². The minimum atomic E-state index is -1.19. The minimum Gasteiger partial charge on any atom is -0.480 e. The van der Waals surface area contributed by atoms with Crippen LogP contribution in [0, 0.1) is 24.2 Å². The van der Waals surface area contributed by atoms with Crippen molar-refractivity contribution >= 4 is 58.0 Å². The van der Waals surface area contributed by atoms with Crippen LogP contribution in [0.5, 0.6) is 0 Å². The number of nitriles is 1. The number of carbonyl (C=O) groups is 3. The van der Waals surface area contributed by atoms with E-state index in [4.69, 9.17) is 22.1 Å². The molecule has 186 valence electrons. The number of pyridine rings is 1. The van der Waals surface area contributed by atoms with Gasteiger partial charge in [-0.15, -0.1) is 0 Å². The van der Waals surface area contributed by atoms with Gasteiger partial charge >= 0.3 is 11.9 Å². The summed E-state index contributed by atoms with van der Waals surface area (Å²) in [5.74, 6) is -1.64. The zero-order chi connectivity index (χ0) is 25.9. The lowest BCUT2D eigenvalue weighted by molar-refractivity contribution is -0.148.